The predicted octanol–water partition coefficient (Wildman–Crippen LogP) is 2.93. The Morgan fingerprint density at radius 1 is 1.30 bits per heavy atom. The summed E-state index contributed by atoms with van der Waals surface area (Å²) in [6.45, 7) is 6.02. The van der Waals surface area contributed by atoms with Crippen LogP contribution < -0.4 is 5.32 Å². The molecule has 0 amide bonds. The molecule has 0 saturated heterocycles. The number of aryl methyl sites for hydroxylation is 1. The number of nitrogens with one attached hydrogen (secondary N) is 1. The Hall–Kier alpha value is -1.56. The average molecular weight is 289 g/mol. The Morgan fingerprint density at radius 3 is 3.00 bits per heavy atom. The van der Waals surface area contributed by atoms with Crippen LogP contribution in [0.25, 0.3) is 11.5 Å². The first-order chi connectivity index (χ1) is 9.83. The molecule has 0 aromatic carbocycles. The summed E-state index contributed by atoms with van der Waals surface area (Å²) in [6, 6.07) is 1.98. The standard InChI is InChI=1S/C14H19N5S/c1-3-6-15-13-10-8-20-9-11(10)17-14(18-13)12-5-7-16-19(12)4-2/h5,7H,3-4,6,8-9H2,1-2H3,(H,15,17,18). The third-order valence-electron chi connectivity index (χ3n) is 3.37. The van der Waals surface area contributed by atoms with Crippen molar-refractivity contribution in [1.82, 2.24) is 19.7 Å². The van der Waals surface area contributed by atoms with Crippen molar-refractivity contribution in [2.75, 3.05) is 11.9 Å². The molecule has 2 aromatic rings. The van der Waals surface area contributed by atoms with Crippen molar-refractivity contribution in [1.29, 1.82) is 0 Å². The summed E-state index contributed by atoms with van der Waals surface area (Å²) in [7, 11) is 0. The number of anilines is 1. The van der Waals surface area contributed by atoms with Gasteiger partial charge in [-0.15, -0.1) is 0 Å². The largest absolute Gasteiger partial charge is 0.370 e. The normalized spacial score (nSPS) is 13.5. The zero-order valence-electron chi connectivity index (χ0n) is 11.9. The van der Waals surface area contributed by atoms with Crippen LogP contribution in [0.1, 0.15) is 31.5 Å². The van der Waals surface area contributed by atoms with Gasteiger partial charge in [-0.05, 0) is 19.4 Å². The van der Waals surface area contributed by atoms with Crippen LogP contribution in [-0.4, -0.2) is 26.3 Å². The van der Waals surface area contributed by atoms with Crippen molar-refractivity contribution in [3.8, 4) is 11.5 Å². The van der Waals surface area contributed by atoms with Gasteiger partial charge in [0.15, 0.2) is 5.82 Å². The van der Waals surface area contributed by atoms with E-state index >= 15 is 0 Å². The number of hydrogen-bond acceptors (Lipinski definition) is 5. The minimum atomic E-state index is 0.782. The lowest BCUT2D eigenvalue weighted by atomic mass is 10.2. The van der Waals surface area contributed by atoms with Gasteiger partial charge in [0.05, 0.1) is 5.69 Å². The van der Waals surface area contributed by atoms with E-state index in [0.717, 1.165) is 48.4 Å². The van der Waals surface area contributed by atoms with Crippen molar-refractivity contribution in [2.24, 2.45) is 0 Å². The highest BCUT2D eigenvalue weighted by molar-refractivity contribution is 7.98. The summed E-state index contributed by atoms with van der Waals surface area (Å²) >= 11 is 1.90. The van der Waals surface area contributed by atoms with Crippen molar-refractivity contribution in [3.05, 3.63) is 23.5 Å². The smallest absolute Gasteiger partial charge is 0.180 e. The maximum absolute atomic E-state index is 4.74. The van der Waals surface area contributed by atoms with Crippen LogP contribution in [0.4, 0.5) is 5.82 Å². The lowest BCUT2D eigenvalue weighted by Crippen LogP contribution is -2.09. The Labute approximate surface area is 123 Å². The van der Waals surface area contributed by atoms with Gasteiger partial charge in [-0.25, -0.2) is 9.97 Å². The molecule has 0 bridgehead atoms. The quantitative estimate of drug-likeness (QED) is 0.917. The first-order valence-electron chi connectivity index (χ1n) is 7.07. The maximum Gasteiger partial charge on any atom is 0.180 e. The van der Waals surface area contributed by atoms with Crippen molar-refractivity contribution in [3.63, 3.8) is 0 Å². The number of aromatic nitrogens is 4. The molecule has 0 radical (unpaired) electrons. The van der Waals surface area contributed by atoms with Gasteiger partial charge in [-0.1, -0.05) is 6.92 Å². The van der Waals surface area contributed by atoms with Crippen LogP contribution in [0.2, 0.25) is 0 Å². The number of fused-ring (bicyclic) bond motifs is 1. The zero-order valence-corrected chi connectivity index (χ0v) is 12.7. The van der Waals surface area contributed by atoms with Crippen LogP contribution in [0.3, 0.4) is 0 Å². The van der Waals surface area contributed by atoms with E-state index in [9.17, 15) is 0 Å². The fourth-order valence-corrected chi connectivity index (χ4v) is 3.37. The molecular weight excluding hydrogens is 270 g/mol. The van der Waals surface area contributed by atoms with E-state index in [2.05, 4.69) is 24.3 Å². The zero-order chi connectivity index (χ0) is 13.9. The molecule has 2 aromatic heterocycles. The number of hydrogen-bond donors (Lipinski definition) is 1. The fourth-order valence-electron chi connectivity index (χ4n) is 2.33. The highest BCUT2D eigenvalue weighted by Gasteiger charge is 2.21. The van der Waals surface area contributed by atoms with Crippen molar-refractivity contribution >= 4 is 17.6 Å². The molecule has 0 unspecified atom stereocenters. The van der Waals surface area contributed by atoms with Gasteiger partial charge in [-0.2, -0.15) is 16.9 Å². The molecule has 0 atom stereocenters. The summed E-state index contributed by atoms with van der Waals surface area (Å²) in [4.78, 5) is 9.48. The van der Waals surface area contributed by atoms with Crippen LogP contribution in [0, 0.1) is 0 Å². The Kier molecular flexibility index (Phi) is 3.91. The topological polar surface area (TPSA) is 55.6 Å². The number of thioether (sulfide) groups is 1. The molecule has 20 heavy (non-hydrogen) atoms. The molecule has 6 heteroatoms. The third kappa shape index (κ3) is 2.40. The molecule has 3 heterocycles. The predicted molar refractivity (Wildman–Crippen MR) is 82.7 cm³/mol. The molecule has 0 saturated carbocycles. The monoisotopic (exact) mass is 289 g/mol. The minimum absolute atomic E-state index is 0.782. The van der Waals surface area contributed by atoms with Crippen molar-refractivity contribution in [2.45, 2.75) is 38.3 Å². The molecule has 5 nitrogen and oxygen atoms in total. The van der Waals surface area contributed by atoms with Gasteiger partial charge >= 0.3 is 0 Å². The lowest BCUT2D eigenvalue weighted by Gasteiger charge is -2.11. The van der Waals surface area contributed by atoms with Crippen LogP contribution >= 0.6 is 11.8 Å². The van der Waals surface area contributed by atoms with Gasteiger partial charge in [0.2, 0.25) is 0 Å². The highest BCUT2D eigenvalue weighted by Crippen LogP contribution is 2.34. The van der Waals surface area contributed by atoms with Gasteiger partial charge < -0.3 is 5.32 Å². The Morgan fingerprint density at radius 2 is 2.20 bits per heavy atom. The molecule has 0 fully saturated rings. The average Bonchev–Trinajstić information content (AvgIpc) is 3.12. The lowest BCUT2D eigenvalue weighted by molar-refractivity contribution is 0.663. The number of nitrogens with zero attached hydrogens (tertiary/aromatic N) is 4. The SMILES string of the molecule is CCCNc1nc(-c2ccnn2CC)nc2c1CSC2. The molecule has 0 aliphatic carbocycles. The minimum Gasteiger partial charge on any atom is -0.370 e. The Balaban J connectivity index is 2.04. The molecule has 1 N–H and O–H groups in total. The Bertz CT molecular complexity index is 608. The highest BCUT2D eigenvalue weighted by atomic mass is 32.2. The first kappa shape index (κ1) is 13.4. The first-order valence-corrected chi connectivity index (χ1v) is 8.22. The summed E-state index contributed by atoms with van der Waals surface area (Å²) in [5.41, 5.74) is 3.43. The fraction of sp³-hybridized carbons (Fsp3) is 0.500. The van der Waals surface area contributed by atoms with E-state index in [0.29, 0.717) is 0 Å². The molecule has 3 rings (SSSR count). The van der Waals surface area contributed by atoms with Gasteiger partial charge in [0, 0.05) is 36.4 Å². The second-order valence-electron chi connectivity index (χ2n) is 4.77. The summed E-state index contributed by atoms with van der Waals surface area (Å²) in [6.07, 6.45) is 2.90. The van der Waals surface area contributed by atoms with Gasteiger partial charge in [-0.3, -0.25) is 4.68 Å². The maximum atomic E-state index is 4.74. The van der Waals surface area contributed by atoms with Crippen LogP contribution in [0.15, 0.2) is 12.3 Å². The summed E-state index contributed by atoms with van der Waals surface area (Å²) < 4.78 is 1.94. The molecular formula is C14H19N5S. The summed E-state index contributed by atoms with van der Waals surface area (Å²) in [5.74, 6) is 3.77. The molecule has 1 aliphatic rings. The van der Waals surface area contributed by atoms with Crippen LogP contribution in [-0.2, 0) is 18.1 Å². The van der Waals surface area contributed by atoms with E-state index in [1.165, 1.54) is 11.3 Å². The second-order valence-corrected chi connectivity index (χ2v) is 5.76. The molecule has 0 spiro atoms. The second kappa shape index (κ2) is 5.83. The summed E-state index contributed by atoms with van der Waals surface area (Å²) in [5, 5.41) is 7.75. The van der Waals surface area contributed by atoms with E-state index < -0.39 is 0 Å². The van der Waals surface area contributed by atoms with E-state index in [1.807, 2.05) is 28.7 Å². The van der Waals surface area contributed by atoms with E-state index in [1.54, 1.807) is 0 Å². The molecule has 1 aliphatic heterocycles. The van der Waals surface area contributed by atoms with Gasteiger partial charge in [0.25, 0.3) is 0 Å². The number of rotatable bonds is 5. The van der Waals surface area contributed by atoms with Crippen LogP contribution in [0.5, 0.6) is 0 Å². The van der Waals surface area contributed by atoms with Crippen molar-refractivity contribution < 1.29 is 0 Å². The molecule has 106 valence electrons. The van der Waals surface area contributed by atoms with Gasteiger partial charge in [0.1, 0.15) is 11.5 Å². The third-order valence-corrected chi connectivity index (χ3v) is 4.34. The van der Waals surface area contributed by atoms with E-state index in [-0.39, 0.29) is 0 Å². The van der Waals surface area contributed by atoms with E-state index in [4.69, 9.17) is 9.97 Å².